The maximum atomic E-state index is 13.2. The van der Waals surface area contributed by atoms with Crippen LogP contribution in [0.5, 0.6) is 0 Å². The van der Waals surface area contributed by atoms with Gasteiger partial charge in [0.25, 0.3) is 0 Å². The van der Waals surface area contributed by atoms with E-state index in [0.717, 1.165) is 49.8 Å². The maximum Gasteiger partial charge on any atom is 0.410 e. The highest BCUT2D eigenvalue weighted by molar-refractivity contribution is 7.99. The minimum Gasteiger partial charge on any atom is -0.445 e. The van der Waals surface area contributed by atoms with Crippen LogP contribution in [0.1, 0.15) is 29.7 Å². The molecule has 0 spiro atoms. The van der Waals surface area contributed by atoms with Crippen LogP contribution < -0.4 is 10.6 Å². The molecule has 0 saturated carbocycles. The van der Waals surface area contributed by atoms with Gasteiger partial charge in [-0.15, -0.1) is 0 Å². The number of pyridine rings is 2. The molecule has 5 aromatic rings. The Morgan fingerprint density at radius 3 is 2.59 bits per heavy atom. The largest absolute Gasteiger partial charge is 0.445 e. The normalized spacial score (nSPS) is 14.4. The SMILES string of the molecule is Cc1ccc(Sc2ccc(NC(=O)C3CCCN3C(=O)OCc3ccccc3)cc2)c(Nc2ccnc3nc(C)ccc23)c1. The number of hydrogen-bond acceptors (Lipinski definition) is 7. The van der Waals surface area contributed by atoms with E-state index in [4.69, 9.17) is 4.74 Å². The third-order valence-corrected chi connectivity index (χ3v) is 8.58. The Morgan fingerprint density at radius 2 is 1.77 bits per heavy atom. The number of nitrogens with one attached hydrogen (secondary N) is 2. The number of anilines is 3. The van der Waals surface area contributed by atoms with Crippen molar-refractivity contribution in [3.8, 4) is 0 Å². The second-order valence-electron chi connectivity index (χ2n) is 10.8. The summed E-state index contributed by atoms with van der Waals surface area (Å²) >= 11 is 1.63. The molecule has 2 amide bonds. The minimum absolute atomic E-state index is 0.178. The fraction of sp³-hybridized carbons (Fsp3) is 0.200. The molecule has 9 heteroatoms. The standard InChI is InChI=1S/C35H33N5O3S/c1-23-10-17-32(30(21-23)39-29-18-19-36-33-28(29)16-11-24(2)37-33)44-27-14-12-26(13-15-27)38-34(41)31-9-6-20-40(31)35(42)43-22-25-7-4-3-5-8-25/h3-5,7-8,10-19,21,31H,6,9,20,22H2,1-2H3,(H,38,41)(H,36,37,39). The Kier molecular flexibility index (Phi) is 8.74. The van der Waals surface area contributed by atoms with Crippen LogP contribution in [0.3, 0.4) is 0 Å². The van der Waals surface area contributed by atoms with Gasteiger partial charge in [-0.25, -0.2) is 14.8 Å². The monoisotopic (exact) mass is 603 g/mol. The third kappa shape index (κ3) is 6.84. The lowest BCUT2D eigenvalue weighted by molar-refractivity contribution is -0.120. The molecular weight excluding hydrogens is 570 g/mol. The summed E-state index contributed by atoms with van der Waals surface area (Å²) in [4.78, 5) is 38.5. The number of carbonyl (C=O) groups is 2. The molecule has 1 aliphatic rings. The summed E-state index contributed by atoms with van der Waals surface area (Å²) in [5.41, 5.74) is 6.30. The zero-order chi connectivity index (χ0) is 30.5. The maximum absolute atomic E-state index is 13.2. The molecule has 222 valence electrons. The second kappa shape index (κ2) is 13.2. The number of amides is 2. The van der Waals surface area contributed by atoms with Gasteiger partial charge in [-0.3, -0.25) is 9.69 Å². The zero-order valence-corrected chi connectivity index (χ0v) is 25.4. The van der Waals surface area contributed by atoms with E-state index in [9.17, 15) is 9.59 Å². The summed E-state index contributed by atoms with van der Waals surface area (Å²) in [7, 11) is 0. The van der Waals surface area contributed by atoms with E-state index >= 15 is 0 Å². The first-order valence-electron chi connectivity index (χ1n) is 14.6. The number of aryl methyl sites for hydroxylation is 2. The third-order valence-electron chi connectivity index (χ3n) is 7.49. The van der Waals surface area contributed by atoms with Crippen molar-refractivity contribution < 1.29 is 14.3 Å². The molecule has 44 heavy (non-hydrogen) atoms. The number of likely N-dealkylation sites (tertiary alicyclic amines) is 1. The summed E-state index contributed by atoms with van der Waals surface area (Å²) in [5, 5.41) is 7.54. The molecule has 6 rings (SSSR count). The van der Waals surface area contributed by atoms with E-state index in [1.54, 1.807) is 18.0 Å². The summed E-state index contributed by atoms with van der Waals surface area (Å²) in [6, 6.07) is 29.0. The van der Waals surface area contributed by atoms with Crippen molar-refractivity contribution in [2.75, 3.05) is 17.2 Å². The van der Waals surface area contributed by atoms with Gasteiger partial charge in [0.05, 0.1) is 11.4 Å². The molecule has 1 saturated heterocycles. The van der Waals surface area contributed by atoms with Gasteiger partial charge in [0.15, 0.2) is 5.65 Å². The van der Waals surface area contributed by atoms with Gasteiger partial charge in [0.2, 0.25) is 5.91 Å². The minimum atomic E-state index is -0.558. The van der Waals surface area contributed by atoms with Crippen molar-refractivity contribution >= 4 is 51.9 Å². The van der Waals surface area contributed by atoms with Crippen LogP contribution in [0.15, 0.2) is 107 Å². The molecule has 1 fully saturated rings. The number of ether oxygens (including phenoxy) is 1. The predicted octanol–water partition coefficient (Wildman–Crippen LogP) is 7.88. The fourth-order valence-corrected chi connectivity index (χ4v) is 6.11. The summed E-state index contributed by atoms with van der Waals surface area (Å²) in [6.07, 6.45) is 2.66. The average Bonchev–Trinajstić information content (AvgIpc) is 3.53. The Balaban J connectivity index is 1.10. The predicted molar refractivity (Wildman–Crippen MR) is 174 cm³/mol. The number of aromatic nitrogens is 2. The Morgan fingerprint density at radius 1 is 0.955 bits per heavy atom. The van der Waals surface area contributed by atoms with Gasteiger partial charge in [-0.2, -0.15) is 0 Å². The van der Waals surface area contributed by atoms with Crippen LogP contribution in [0.25, 0.3) is 11.0 Å². The van der Waals surface area contributed by atoms with Crippen LogP contribution >= 0.6 is 11.8 Å². The van der Waals surface area contributed by atoms with Gasteiger partial charge < -0.3 is 15.4 Å². The Hall–Kier alpha value is -4.89. The fourth-order valence-electron chi connectivity index (χ4n) is 5.23. The molecule has 2 N–H and O–H groups in total. The van der Waals surface area contributed by atoms with Gasteiger partial charge in [0.1, 0.15) is 12.6 Å². The highest BCUT2D eigenvalue weighted by Crippen LogP contribution is 2.37. The topological polar surface area (TPSA) is 96.5 Å². The number of benzene rings is 3. The lowest BCUT2D eigenvalue weighted by atomic mass is 10.2. The van der Waals surface area contributed by atoms with Crippen molar-refractivity contribution in [3.63, 3.8) is 0 Å². The van der Waals surface area contributed by atoms with Crippen LogP contribution in [-0.2, 0) is 16.1 Å². The molecule has 3 heterocycles. The molecule has 3 aromatic carbocycles. The van der Waals surface area contributed by atoms with Crippen molar-refractivity contribution in [3.05, 3.63) is 114 Å². The first kappa shape index (κ1) is 29.2. The zero-order valence-electron chi connectivity index (χ0n) is 24.6. The van der Waals surface area contributed by atoms with Crippen LogP contribution in [-0.4, -0.2) is 39.5 Å². The molecular formula is C35H33N5O3S. The first-order valence-corrected chi connectivity index (χ1v) is 15.4. The number of carbonyl (C=O) groups excluding carboxylic acids is 2. The average molecular weight is 604 g/mol. The van der Waals surface area contributed by atoms with E-state index in [-0.39, 0.29) is 12.5 Å². The second-order valence-corrected chi connectivity index (χ2v) is 11.9. The molecule has 0 bridgehead atoms. The molecule has 8 nitrogen and oxygen atoms in total. The van der Waals surface area contributed by atoms with Crippen molar-refractivity contribution in [1.82, 2.24) is 14.9 Å². The molecule has 1 unspecified atom stereocenters. The van der Waals surface area contributed by atoms with Gasteiger partial charge >= 0.3 is 6.09 Å². The van der Waals surface area contributed by atoms with Crippen molar-refractivity contribution in [1.29, 1.82) is 0 Å². The lowest BCUT2D eigenvalue weighted by Gasteiger charge is -2.23. The van der Waals surface area contributed by atoms with Gasteiger partial charge in [-0.05, 0) is 92.4 Å². The van der Waals surface area contributed by atoms with Crippen molar-refractivity contribution in [2.24, 2.45) is 0 Å². The first-order chi connectivity index (χ1) is 21.4. The summed E-state index contributed by atoms with van der Waals surface area (Å²) in [6.45, 7) is 4.71. The highest BCUT2D eigenvalue weighted by atomic mass is 32.2. The lowest BCUT2D eigenvalue weighted by Crippen LogP contribution is -2.43. The number of hydrogen-bond donors (Lipinski definition) is 2. The Bertz CT molecular complexity index is 1800. The number of rotatable bonds is 8. The Labute approximate surface area is 260 Å². The van der Waals surface area contributed by atoms with Crippen LogP contribution in [0.4, 0.5) is 21.9 Å². The molecule has 2 aromatic heterocycles. The highest BCUT2D eigenvalue weighted by Gasteiger charge is 2.35. The molecule has 1 atom stereocenters. The van der Waals surface area contributed by atoms with E-state index in [0.29, 0.717) is 24.3 Å². The smallest absolute Gasteiger partial charge is 0.410 e. The van der Waals surface area contributed by atoms with E-state index < -0.39 is 12.1 Å². The van der Waals surface area contributed by atoms with Crippen LogP contribution in [0.2, 0.25) is 0 Å². The molecule has 0 aliphatic carbocycles. The van der Waals surface area contributed by atoms with E-state index in [2.05, 4.69) is 45.7 Å². The van der Waals surface area contributed by atoms with Crippen molar-refractivity contribution in [2.45, 2.75) is 49.1 Å². The van der Waals surface area contributed by atoms with Gasteiger partial charge in [0, 0.05) is 39.3 Å². The van der Waals surface area contributed by atoms with Crippen LogP contribution in [0, 0.1) is 13.8 Å². The summed E-state index contributed by atoms with van der Waals surface area (Å²) in [5.74, 6) is -0.209. The summed E-state index contributed by atoms with van der Waals surface area (Å²) < 4.78 is 5.49. The number of fused-ring (bicyclic) bond motifs is 1. The van der Waals surface area contributed by atoms with E-state index in [1.807, 2.05) is 79.7 Å². The molecule has 0 radical (unpaired) electrons. The quantitative estimate of drug-likeness (QED) is 0.186. The number of nitrogens with zero attached hydrogens (tertiary/aromatic N) is 3. The van der Waals surface area contributed by atoms with Gasteiger partial charge in [-0.1, -0.05) is 48.2 Å². The van der Waals surface area contributed by atoms with E-state index in [1.165, 1.54) is 4.90 Å². The molecule has 1 aliphatic heterocycles.